The Morgan fingerprint density at radius 1 is 1.45 bits per heavy atom. The Bertz CT molecular complexity index is 678. The lowest BCUT2D eigenvalue weighted by molar-refractivity contribution is 0.0532. The van der Waals surface area contributed by atoms with Gasteiger partial charge in [-0.05, 0) is 38.1 Å². The molecule has 20 heavy (non-hydrogen) atoms. The van der Waals surface area contributed by atoms with Crippen molar-refractivity contribution in [3.05, 3.63) is 40.5 Å². The van der Waals surface area contributed by atoms with Crippen molar-refractivity contribution >= 4 is 17.3 Å². The molecule has 104 valence electrons. The van der Waals surface area contributed by atoms with E-state index in [1.165, 1.54) is 23.5 Å². The van der Waals surface area contributed by atoms with Gasteiger partial charge < -0.3 is 9.47 Å². The van der Waals surface area contributed by atoms with E-state index in [1.54, 1.807) is 19.1 Å². The van der Waals surface area contributed by atoms with E-state index >= 15 is 0 Å². The third kappa shape index (κ3) is 2.08. The Labute approximate surface area is 120 Å². The number of fused-ring (bicyclic) bond motifs is 3. The molecule has 0 aliphatic carbocycles. The summed E-state index contributed by atoms with van der Waals surface area (Å²) in [5, 5.41) is 0. The summed E-state index contributed by atoms with van der Waals surface area (Å²) < 4.78 is 24.2. The van der Waals surface area contributed by atoms with Crippen LogP contribution in [0.15, 0.2) is 24.3 Å². The van der Waals surface area contributed by atoms with Crippen LogP contribution in [0.25, 0.3) is 10.4 Å². The van der Waals surface area contributed by atoms with Crippen molar-refractivity contribution in [1.29, 1.82) is 0 Å². The molecule has 1 aromatic carbocycles. The van der Waals surface area contributed by atoms with Crippen LogP contribution in [-0.4, -0.2) is 12.6 Å². The summed E-state index contributed by atoms with van der Waals surface area (Å²) in [5.41, 5.74) is 1.59. The van der Waals surface area contributed by atoms with Crippen molar-refractivity contribution in [2.24, 2.45) is 0 Å². The molecule has 3 nitrogen and oxygen atoms in total. The highest BCUT2D eigenvalue weighted by molar-refractivity contribution is 7.17. The topological polar surface area (TPSA) is 35.5 Å². The zero-order chi connectivity index (χ0) is 14.3. The molecule has 1 atom stereocenters. The van der Waals surface area contributed by atoms with Crippen molar-refractivity contribution < 1.29 is 18.7 Å². The highest BCUT2D eigenvalue weighted by atomic mass is 32.1. The highest BCUT2D eigenvalue weighted by Crippen LogP contribution is 2.46. The molecule has 3 rings (SSSR count). The van der Waals surface area contributed by atoms with Crippen molar-refractivity contribution in [3.63, 3.8) is 0 Å². The van der Waals surface area contributed by atoms with Gasteiger partial charge in [-0.3, -0.25) is 0 Å². The lowest BCUT2D eigenvalue weighted by Gasteiger charge is -2.23. The zero-order valence-corrected chi connectivity index (χ0v) is 11.9. The Morgan fingerprint density at radius 2 is 2.25 bits per heavy atom. The molecule has 5 heteroatoms. The van der Waals surface area contributed by atoms with E-state index in [2.05, 4.69) is 0 Å². The van der Waals surface area contributed by atoms with Crippen LogP contribution in [0, 0.1) is 5.82 Å². The summed E-state index contributed by atoms with van der Waals surface area (Å²) in [6.07, 6.45) is -0.164. The SMILES string of the molecule is CCOC(=O)c1cc2c(s1)-c1cc(F)ccc1OC2C. The van der Waals surface area contributed by atoms with Gasteiger partial charge in [0.15, 0.2) is 0 Å². The standard InChI is InChI=1S/C15H13FO3S/c1-3-18-15(17)13-7-10-8(2)19-12-5-4-9(16)6-11(12)14(10)20-13/h4-8H,3H2,1-2H3. The van der Waals surface area contributed by atoms with E-state index in [4.69, 9.17) is 9.47 Å². The molecule has 1 aromatic heterocycles. The maximum atomic E-state index is 13.4. The maximum absolute atomic E-state index is 13.4. The quantitative estimate of drug-likeness (QED) is 0.779. The first-order valence-corrected chi connectivity index (χ1v) is 7.19. The number of thiophene rings is 1. The van der Waals surface area contributed by atoms with E-state index in [-0.39, 0.29) is 17.9 Å². The van der Waals surface area contributed by atoms with Gasteiger partial charge in [-0.2, -0.15) is 0 Å². The summed E-state index contributed by atoms with van der Waals surface area (Å²) >= 11 is 1.32. The fraction of sp³-hybridized carbons (Fsp3) is 0.267. The first kappa shape index (κ1) is 13.1. The van der Waals surface area contributed by atoms with Crippen molar-refractivity contribution in [3.8, 4) is 16.2 Å². The minimum absolute atomic E-state index is 0.164. The van der Waals surface area contributed by atoms with Crippen LogP contribution in [0.3, 0.4) is 0 Å². The van der Waals surface area contributed by atoms with E-state index in [9.17, 15) is 9.18 Å². The van der Waals surface area contributed by atoms with Gasteiger partial charge in [0, 0.05) is 16.0 Å². The molecule has 0 N–H and O–H groups in total. The molecule has 1 unspecified atom stereocenters. The molecular formula is C15H13FO3S. The molecule has 0 spiro atoms. The number of hydrogen-bond donors (Lipinski definition) is 0. The second-order valence-corrected chi connectivity index (χ2v) is 5.57. The number of ether oxygens (including phenoxy) is 2. The molecule has 2 aromatic rings. The van der Waals surface area contributed by atoms with Crippen LogP contribution < -0.4 is 4.74 Å². The Kier molecular flexibility index (Phi) is 3.22. The van der Waals surface area contributed by atoms with Crippen LogP contribution in [-0.2, 0) is 4.74 Å². The molecule has 2 heterocycles. The van der Waals surface area contributed by atoms with Gasteiger partial charge >= 0.3 is 5.97 Å². The first-order valence-electron chi connectivity index (χ1n) is 6.37. The maximum Gasteiger partial charge on any atom is 0.348 e. The lowest BCUT2D eigenvalue weighted by Crippen LogP contribution is -2.09. The third-order valence-corrected chi connectivity index (χ3v) is 4.33. The van der Waals surface area contributed by atoms with Gasteiger partial charge in [-0.25, -0.2) is 9.18 Å². The molecule has 0 amide bonds. The minimum Gasteiger partial charge on any atom is -0.485 e. The summed E-state index contributed by atoms with van der Waals surface area (Å²) in [5.74, 6) is -0.0281. The van der Waals surface area contributed by atoms with Crippen molar-refractivity contribution in [1.82, 2.24) is 0 Å². The molecule has 0 bridgehead atoms. The Morgan fingerprint density at radius 3 is 3.00 bits per heavy atom. The highest BCUT2D eigenvalue weighted by Gasteiger charge is 2.28. The number of esters is 1. The van der Waals surface area contributed by atoms with Crippen LogP contribution in [0.5, 0.6) is 5.75 Å². The van der Waals surface area contributed by atoms with Gasteiger partial charge in [0.1, 0.15) is 22.5 Å². The number of halogens is 1. The molecule has 0 saturated carbocycles. The van der Waals surface area contributed by atoms with Crippen molar-refractivity contribution in [2.75, 3.05) is 6.61 Å². The van der Waals surface area contributed by atoms with Gasteiger partial charge in [0.25, 0.3) is 0 Å². The van der Waals surface area contributed by atoms with Crippen LogP contribution in [0.1, 0.15) is 35.2 Å². The number of carbonyl (C=O) groups excluding carboxylic acids is 1. The number of benzene rings is 1. The Hall–Kier alpha value is -1.88. The molecule has 0 fully saturated rings. The van der Waals surface area contributed by atoms with Crippen LogP contribution >= 0.6 is 11.3 Å². The van der Waals surface area contributed by atoms with E-state index in [1.807, 2.05) is 6.92 Å². The fourth-order valence-corrected chi connectivity index (χ4v) is 3.42. The van der Waals surface area contributed by atoms with Gasteiger partial charge in [-0.1, -0.05) is 0 Å². The van der Waals surface area contributed by atoms with E-state index < -0.39 is 0 Å². The van der Waals surface area contributed by atoms with Gasteiger partial charge in [-0.15, -0.1) is 11.3 Å². The second-order valence-electron chi connectivity index (χ2n) is 4.52. The average Bonchev–Trinajstić information content (AvgIpc) is 2.86. The van der Waals surface area contributed by atoms with Gasteiger partial charge in [0.05, 0.1) is 6.61 Å². The molecule has 1 aliphatic rings. The van der Waals surface area contributed by atoms with Crippen LogP contribution in [0.4, 0.5) is 4.39 Å². The van der Waals surface area contributed by atoms with Gasteiger partial charge in [0.2, 0.25) is 0 Å². The summed E-state index contributed by atoms with van der Waals surface area (Å²) in [7, 11) is 0. The predicted molar refractivity (Wildman–Crippen MR) is 74.7 cm³/mol. The summed E-state index contributed by atoms with van der Waals surface area (Å²) in [6.45, 7) is 4.01. The number of carbonyl (C=O) groups is 1. The average molecular weight is 292 g/mol. The first-order chi connectivity index (χ1) is 9.60. The second kappa shape index (κ2) is 4.90. The molecule has 0 radical (unpaired) electrons. The van der Waals surface area contributed by atoms with E-state index in [0.717, 1.165) is 10.4 Å². The zero-order valence-electron chi connectivity index (χ0n) is 11.1. The smallest absolute Gasteiger partial charge is 0.348 e. The molecule has 0 saturated heterocycles. The molecule has 1 aliphatic heterocycles. The third-order valence-electron chi connectivity index (χ3n) is 3.17. The van der Waals surface area contributed by atoms with E-state index in [0.29, 0.717) is 22.8 Å². The predicted octanol–water partition coefficient (Wildman–Crippen LogP) is 4.18. The summed E-state index contributed by atoms with van der Waals surface area (Å²) in [6, 6.07) is 6.20. The molecular weight excluding hydrogens is 279 g/mol. The summed E-state index contributed by atoms with van der Waals surface area (Å²) in [4.78, 5) is 13.2. The monoisotopic (exact) mass is 292 g/mol. The number of rotatable bonds is 2. The van der Waals surface area contributed by atoms with Crippen LogP contribution in [0.2, 0.25) is 0 Å². The van der Waals surface area contributed by atoms with Crippen molar-refractivity contribution in [2.45, 2.75) is 20.0 Å². The normalized spacial score (nSPS) is 16.1. The Balaban J connectivity index is 2.11. The largest absolute Gasteiger partial charge is 0.485 e. The number of hydrogen-bond acceptors (Lipinski definition) is 4. The minimum atomic E-state index is -0.350. The lowest BCUT2D eigenvalue weighted by atomic mass is 10.0. The fourth-order valence-electron chi connectivity index (χ4n) is 2.26.